The Morgan fingerprint density at radius 2 is 2.05 bits per heavy atom. The van der Waals surface area contributed by atoms with Crippen molar-refractivity contribution in [3.63, 3.8) is 0 Å². The summed E-state index contributed by atoms with van der Waals surface area (Å²) in [7, 11) is 1.63. The average Bonchev–Trinajstić information content (AvgIpc) is 2.85. The topological polar surface area (TPSA) is 73.3 Å². The number of aliphatic hydroxyl groups is 1. The van der Waals surface area contributed by atoms with E-state index < -0.39 is 6.10 Å². The lowest BCUT2D eigenvalue weighted by atomic mass is 10.1. The number of ether oxygens (including phenoxy) is 1. The molecule has 1 aromatic carbocycles. The van der Waals surface area contributed by atoms with E-state index in [4.69, 9.17) is 10.5 Å². The summed E-state index contributed by atoms with van der Waals surface area (Å²) in [5.74, 6) is 1.54. The number of nitrogens with two attached hydrogens (primary N) is 1. The summed E-state index contributed by atoms with van der Waals surface area (Å²) in [5, 5.41) is 9.46. The van der Waals surface area contributed by atoms with Crippen LogP contribution in [0.2, 0.25) is 0 Å². The molecule has 0 aliphatic carbocycles. The zero-order valence-corrected chi connectivity index (χ0v) is 11.2. The molecule has 19 heavy (non-hydrogen) atoms. The molecule has 5 heteroatoms. The molecule has 0 radical (unpaired) electrons. The summed E-state index contributed by atoms with van der Waals surface area (Å²) in [6, 6.07) is 7.27. The Morgan fingerprint density at radius 3 is 2.63 bits per heavy atom. The fourth-order valence-electron chi connectivity index (χ4n) is 2.00. The second-order valence-corrected chi connectivity index (χ2v) is 4.54. The Balaban J connectivity index is 2.22. The number of nitrogens with zero attached hydrogens (tertiary/aromatic N) is 2. The molecule has 0 aliphatic rings. The zero-order chi connectivity index (χ0) is 13.8. The van der Waals surface area contributed by atoms with E-state index in [9.17, 15) is 5.11 Å². The van der Waals surface area contributed by atoms with Crippen molar-refractivity contribution in [1.29, 1.82) is 0 Å². The van der Waals surface area contributed by atoms with Gasteiger partial charge in [0.25, 0.3) is 0 Å². The van der Waals surface area contributed by atoms with Crippen LogP contribution < -0.4 is 10.5 Å². The highest BCUT2D eigenvalue weighted by Gasteiger charge is 2.15. The van der Waals surface area contributed by atoms with Gasteiger partial charge in [0.2, 0.25) is 0 Å². The molecule has 0 amide bonds. The number of methoxy groups -OCH3 is 1. The highest BCUT2D eigenvalue weighted by atomic mass is 16.5. The molecule has 0 aliphatic heterocycles. The lowest BCUT2D eigenvalue weighted by Crippen LogP contribution is -2.21. The number of hydrogen-bond donors (Lipinski definition) is 2. The van der Waals surface area contributed by atoms with Gasteiger partial charge in [-0.3, -0.25) is 0 Å². The Morgan fingerprint density at radius 1 is 1.37 bits per heavy atom. The van der Waals surface area contributed by atoms with Crippen LogP contribution in [0.25, 0.3) is 0 Å². The van der Waals surface area contributed by atoms with Gasteiger partial charge in [0.1, 0.15) is 11.6 Å². The molecule has 2 aromatic rings. The molecule has 5 nitrogen and oxygen atoms in total. The van der Waals surface area contributed by atoms with Crippen LogP contribution in [0.5, 0.6) is 5.75 Å². The van der Waals surface area contributed by atoms with Crippen LogP contribution in [0.15, 0.2) is 36.7 Å². The van der Waals surface area contributed by atoms with Crippen molar-refractivity contribution < 1.29 is 9.84 Å². The number of imidazole rings is 1. The van der Waals surface area contributed by atoms with E-state index in [0.717, 1.165) is 17.1 Å². The molecule has 1 aromatic heterocycles. The Bertz CT molecular complexity index is 520. The molecular weight excluding hydrogens is 242 g/mol. The normalized spacial score (nSPS) is 14.1. The van der Waals surface area contributed by atoms with E-state index in [1.165, 1.54) is 0 Å². The van der Waals surface area contributed by atoms with E-state index in [0.29, 0.717) is 6.54 Å². The van der Waals surface area contributed by atoms with Crippen LogP contribution in [-0.2, 0) is 6.54 Å². The Labute approximate surface area is 112 Å². The molecule has 0 saturated heterocycles. The van der Waals surface area contributed by atoms with Gasteiger partial charge in [-0.15, -0.1) is 0 Å². The largest absolute Gasteiger partial charge is 0.497 e. The Kier molecular flexibility index (Phi) is 4.19. The van der Waals surface area contributed by atoms with Crippen LogP contribution in [0.3, 0.4) is 0 Å². The van der Waals surface area contributed by atoms with Crippen LogP contribution >= 0.6 is 0 Å². The molecule has 0 spiro atoms. The molecule has 2 unspecified atom stereocenters. The number of hydrogen-bond acceptors (Lipinski definition) is 4. The monoisotopic (exact) mass is 261 g/mol. The van der Waals surface area contributed by atoms with Crippen molar-refractivity contribution in [1.82, 2.24) is 9.55 Å². The molecule has 0 saturated carbocycles. The number of benzene rings is 1. The van der Waals surface area contributed by atoms with Gasteiger partial charge in [0, 0.05) is 18.9 Å². The summed E-state index contributed by atoms with van der Waals surface area (Å²) in [6.07, 6.45) is 3.09. The maximum atomic E-state index is 9.46. The number of aliphatic hydroxyl groups excluding tert-OH is 1. The van der Waals surface area contributed by atoms with Gasteiger partial charge in [-0.05, 0) is 24.6 Å². The first-order valence-electron chi connectivity index (χ1n) is 6.20. The molecule has 0 fully saturated rings. The summed E-state index contributed by atoms with van der Waals surface area (Å²) in [4.78, 5) is 4.28. The molecule has 2 rings (SSSR count). The van der Waals surface area contributed by atoms with Gasteiger partial charge in [0.15, 0.2) is 0 Å². The molecule has 0 bridgehead atoms. The van der Waals surface area contributed by atoms with Crippen molar-refractivity contribution in [3.8, 4) is 5.75 Å². The minimum absolute atomic E-state index is 0.320. The molecule has 1 heterocycles. The third kappa shape index (κ3) is 3.13. The summed E-state index contributed by atoms with van der Waals surface area (Å²) in [5.41, 5.74) is 7.18. The van der Waals surface area contributed by atoms with Gasteiger partial charge in [0.05, 0.1) is 19.3 Å². The maximum absolute atomic E-state index is 9.46. The third-order valence-electron chi connectivity index (χ3n) is 2.96. The van der Waals surface area contributed by atoms with E-state index in [-0.39, 0.29) is 6.04 Å². The van der Waals surface area contributed by atoms with E-state index >= 15 is 0 Å². The van der Waals surface area contributed by atoms with Gasteiger partial charge in [-0.2, -0.15) is 0 Å². The highest BCUT2D eigenvalue weighted by Crippen LogP contribution is 2.21. The first-order valence-corrected chi connectivity index (χ1v) is 6.20. The quantitative estimate of drug-likeness (QED) is 0.851. The fraction of sp³-hybridized carbons (Fsp3) is 0.357. The second kappa shape index (κ2) is 5.86. The average molecular weight is 261 g/mol. The fourth-order valence-corrected chi connectivity index (χ4v) is 2.00. The lowest BCUT2D eigenvalue weighted by Gasteiger charge is -2.16. The van der Waals surface area contributed by atoms with E-state index in [1.54, 1.807) is 20.2 Å². The molecule has 102 valence electrons. The van der Waals surface area contributed by atoms with Gasteiger partial charge < -0.3 is 20.1 Å². The second-order valence-electron chi connectivity index (χ2n) is 4.54. The first kappa shape index (κ1) is 13.6. The van der Waals surface area contributed by atoms with Crippen molar-refractivity contribution in [2.75, 3.05) is 7.11 Å². The van der Waals surface area contributed by atoms with Crippen LogP contribution in [0.4, 0.5) is 0 Å². The van der Waals surface area contributed by atoms with Crippen LogP contribution in [-0.4, -0.2) is 27.9 Å². The number of rotatable bonds is 5. The van der Waals surface area contributed by atoms with E-state index in [1.807, 2.05) is 35.0 Å². The molecule has 2 atom stereocenters. The highest BCUT2D eigenvalue weighted by molar-refractivity contribution is 5.31. The van der Waals surface area contributed by atoms with Crippen molar-refractivity contribution in [3.05, 3.63) is 48.0 Å². The number of aromatic nitrogens is 2. The van der Waals surface area contributed by atoms with Gasteiger partial charge in [-0.25, -0.2) is 4.98 Å². The zero-order valence-electron chi connectivity index (χ0n) is 11.2. The minimum atomic E-state index is -0.434. The summed E-state index contributed by atoms with van der Waals surface area (Å²) >= 11 is 0. The van der Waals surface area contributed by atoms with Crippen LogP contribution in [0.1, 0.15) is 24.4 Å². The maximum Gasteiger partial charge on any atom is 0.130 e. The SMILES string of the molecule is COc1ccc(C(N)c2nccn2CC(C)O)cc1. The third-order valence-corrected chi connectivity index (χ3v) is 2.96. The predicted octanol–water partition coefficient (Wildman–Crippen LogP) is 1.32. The van der Waals surface area contributed by atoms with Crippen molar-refractivity contribution >= 4 is 0 Å². The summed E-state index contributed by atoms with van der Waals surface area (Å²) in [6.45, 7) is 2.22. The van der Waals surface area contributed by atoms with Gasteiger partial charge >= 0.3 is 0 Å². The summed E-state index contributed by atoms with van der Waals surface area (Å²) < 4.78 is 7.00. The van der Waals surface area contributed by atoms with E-state index in [2.05, 4.69) is 4.98 Å². The van der Waals surface area contributed by atoms with Crippen LogP contribution in [0, 0.1) is 0 Å². The first-order chi connectivity index (χ1) is 9.11. The molecular formula is C14H19N3O2. The smallest absolute Gasteiger partial charge is 0.130 e. The lowest BCUT2D eigenvalue weighted by molar-refractivity contribution is 0.172. The standard InChI is InChI=1S/C14H19N3O2/c1-10(18)9-17-8-7-16-14(17)13(15)11-3-5-12(19-2)6-4-11/h3-8,10,13,18H,9,15H2,1-2H3. The Hall–Kier alpha value is -1.85. The minimum Gasteiger partial charge on any atom is -0.497 e. The van der Waals surface area contributed by atoms with Crippen molar-refractivity contribution in [2.24, 2.45) is 5.73 Å². The molecule has 3 N–H and O–H groups in total. The van der Waals surface area contributed by atoms with Crippen molar-refractivity contribution in [2.45, 2.75) is 25.6 Å². The van der Waals surface area contributed by atoms with Gasteiger partial charge in [-0.1, -0.05) is 12.1 Å². The predicted molar refractivity (Wildman–Crippen MR) is 72.9 cm³/mol.